The molecular formula is C11H12N2O3S2. The Balaban J connectivity index is 2.79. The fourth-order valence-corrected chi connectivity index (χ4v) is 3.08. The maximum atomic E-state index is 11.6. The molecule has 1 heterocycles. The third-order valence-electron chi connectivity index (χ3n) is 2.36. The van der Waals surface area contributed by atoms with Crippen molar-refractivity contribution < 1.29 is 13.5 Å². The van der Waals surface area contributed by atoms with Gasteiger partial charge in [-0.1, -0.05) is 6.92 Å². The molecule has 96 valence electrons. The van der Waals surface area contributed by atoms with Crippen LogP contribution in [0.1, 0.15) is 6.92 Å². The smallest absolute Gasteiger partial charge is 0.179 e. The molecule has 0 aliphatic heterocycles. The maximum absolute atomic E-state index is 11.6. The van der Waals surface area contributed by atoms with Gasteiger partial charge in [-0.3, -0.25) is 0 Å². The van der Waals surface area contributed by atoms with Gasteiger partial charge in [-0.2, -0.15) is 0 Å². The predicted octanol–water partition coefficient (Wildman–Crippen LogP) is 1.85. The number of benzene rings is 1. The number of phenolic OH excluding ortho intramolecular Hbond substituents is 1. The Morgan fingerprint density at radius 2 is 2.06 bits per heavy atom. The van der Waals surface area contributed by atoms with Crippen LogP contribution < -0.4 is 0 Å². The van der Waals surface area contributed by atoms with Gasteiger partial charge in [-0.05, 0) is 11.8 Å². The monoisotopic (exact) mass is 284 g/mol. The molecule has 0 spiro atoms. The zero-order chi connectivity index (χ0) is 13.3. The molecule has 0 aliphatic rings. The van der Waals surface area contributed by atoms with E-state index in [9.17, 15) is 13.5 Å². The lowest BCUT2D eigenvalue weighted by Crippen LogP contribution is -1.99. The summed E-state index contributed by atoms with van der Waals surface area (Å²) in [6.07, 6.45) is 2.46. The zero-order valence-corrected chi connectivity index (χ0v) is 11.5. The van der Waals surface area contributed by atoms with E-state index in [1.54, 1.807) is 0 Å². The molecule has 0 aliphatic carbocycles. The van der Waals surface area contributed by atoms with Gasteiger partial charge in [-0.25, -0.2) is 18.4 Å². The number of fused-ring (bicyclic) bond motifs is 1. The molecule has 0 radical (unpaired) electrons. The van der Waals surface area contributed by atoms with Crippen LogP contribution >= 0.6 is 11.8 Å². The lowest BCUT2D eigenvalue weighted by molar-refractivity contribution is 0.460. The minimum atomic E-state index is -3.47. The molecule has 7 heteroatoms. The van der Waals surface area contributed by atoms with Crippen LogP contribution in [0.4, 0.5) is 0 Å². The number of sulfone groups is 1. The van der Waals surface area contributed by atoms with Crippen molar-refractivity contribution in [2.24, 2.45) is 0 Å². The van der Waals surface area contributed by atoms with Gasteiger partial charge in [0.05, 0.1) is 5.52 Å². The van der Waals surface area contributed by atoms with E-state index in [1.807, 2.05) is 6.92 Å². The first kappa shape index (κ1) is 13.1. The molecule has 18 heavy (non-hydrogen) atoms. The third-order valence-corrected chi connectivity index (χ3v) is 4.37. The molecule has 0 atom stereocenters. The van der Waals surface area contributed by atoms with Gasteiger partial charge < -0.3 is 5.11 Å². The summed E-state index contributed by atoms with van der Waals surface area (Å²) in [7, 11) is -3.47. The van der Waals surface area contributed by atoms with Crippen LogP contribution in [0.3, 0.4) is 0 Å². The summed E-state index contributed by atoms with van der Waals surface area (Å²) < 4.78 is 23.1. The van der Waals surface area contributed by atoms with E-state index in [-0.39, 0.29) is 10.6 Å². The SMILES string of the molecule is CCSc1ncnc2cc(O)c(S(C)(=O)=O)cc12. The van der Waals surface area contributed by atoms with Crippen molar-refractivity contribution in [2.45, 2.75) is 16.8 Å². The Hall–Kier alpha value is -1.34. The van der Waals surface area contributed by atoms with E-state index in [1.165, 1.54) is 30.2 Å². The van der Waals surface area contributed by atoms with Gasteiger partial charge in [0.1, 0.15) is 22.0 Å². The lowest BCUT2D eigenvalue weighted by atomic mass is 10.2. The predicted molar refractivity (Wildman–Crippen MR) is 70.7 cm³/mol. The standard InChI is InChI=1S/C11H12N2O3S2/c1-3-17-11-7-4-10(18(2,15)16)9(14)5-8(7)12-6-13-11/h4-6,14H,3H2,1-2H3. The third kappa shape index (κ3) is 2.41. The van der Waals surface area contributed by atoms with Crippen molar-refractivity contribution >= 4 is 32.5 Å². The maximum Gasteiger partial charge on any atom is 0.179 e. The molecule has 0 amide bonds. The quantitative estimate of drug-likeness (QED) is 0.684. The van der Waals surface area contributed by atoms with Gasteiger partial charge >= 0.3 is 0 Å². The van der Waals surface area contributed by atoms with Crippen molar-refractivity contribution in [1.82, 2.24) is 9.97 Å². The van der Waals surface area contributed by atoms with Crippen molar-refractivity contribution in [2.75, 3.05) is 12.0 Å². The van der Waals surface area contributed by atoms with E-state index >= 15 is 0 Å². The van der Waals surface area contributed by atoms with E-state index < -0.39 is 9.84 Å². The van der Waals surface area contributed by atoms with Crippen LogP contribution in [-0.2, 0) is 9.84 Å². The summed E-state index contributed by atoms with van der Waals surface area (Å²) in [6, 6.07) is 2.78. The highest BCUT2D eigenvalue weighted by Crippen LogP contribution is 2.31. The Morgan fingerprint density at radius 3 is 2.67 bits per heavy atom. The van der Waals surface area contributed by atoms with Gasteiger partial charge in [0.15, 0.2) is 9.84 Å². The lowest BCUT2D eigenvalue weighted by Gasteiger charge is -2.07. The van der Waals surface area contributed by atoms with E-state index in [0.29, 0.717) is 15.9 Å². The number of phenols is 1. The Kier molecular flexibility index (Phi) is 3.45. The first-order valence-corrected chi connectivity index (χ1v) is 8.11. The van der Waals surface area contributed by atoms with Gasteiger partial charge in [-0.15, -0.1) is 11.8 Å². The van der Waals surface area contributed by atoms with Crippen molar-refractivity contribution in [3.05, 3.63) is 18.5 Å². The number of aromatic hydroxyl groups is 1. The number of nitrogens with zero attached hydrogens (tertiary/aromatic N) is 2. The number of hydrogen-bond donors (Lipinski definition) is 1. The van der Waals surface area contributed by atoms with E-state index in [0.717, 1.165) is 12.0 Å². The number of rotatable bonds is 3. The van der Waals surface area contributed by atoms with Crippen LogP contribution in [0, 0.1) is 0 Å². The average molecular weight is 284 g/mol. The summed E-state index contributed by atoms with van der Waals surface area (Å²) in [4.78, 5) is 8.06. The number of thioether (sulfide) groups is 1. The molecule has 1 aromatic heterocycles. The molecule has 1 aromatic carbocycles. The van der Waals surface area contributed by atoms with Crippen LogP contribution in [0.5, 0.6) is 5.75 Å². The average Bonchev–Trinajstić information content (AvgIpc) is 2.27. The highest BCUT2D eigenvalue weighted by Gasteiger charge is 2.16. The second-order valence-corrected chi connectivity index (χ2v) is 6.96. The Morgan fingerprint density at radius 1 is 1.33 bits per heavy atom. The summed E-state index contributed by atoms with van der Waals surface area (Å²) in [6.45, 7) is 1.98. The summed E-state index contributed by atoms with van der Waals surface area (Å²) >= 11 is 1.50. The first-order chi connectivity index (χ1) is 8.43. The number of hydrogen-bond acceptors (Lipinski definition) is 6. The topological polar surface area (TPSA) is 80.2 Å². The van der Waals surface area contributed by atoms with E-state index in [2.05, 4.69) is 9.97 Å². The summed E-state index contributed by atoms with van der Waals surface area (Å²) in [5.74, 6) is 0.539. The molecule has 5 nitrogen and oxygen atoms in total. The molecule has 2 rings (SSSR count). The Labute approximate surface area is 109 Å². The number of aromatic nitrogens is 2. The minimum Gasteiger partial charge on any atom is -0.507 e. The summed E-state index contributed by atoms with van der Waals surface area (Å²) in [5.41, 5.74) is 0.533. The Bertz CT molecular complexity index is 699. The van der Waals surface area contributed by atoms with Crippen LogP contribution in [0.25, 0.3) is 10.9 Å². The first-order valence-electron chi connectivity index (χ1n) is 5.24. The van der Waals surface area contributed by atoms with E-state index in [4.69, 9.17) is 0 Å². The van der Waals surface area contributed by atoms with Crippen LogP contribution in [-0.4, -0.2) is 35.5 Å². The van der Waals surface area contributed by atoms with Gasteiger partial charge in [0.2, 0.25) is 0 Å². The van der Waals surface area contributed by atoms with Crippen molar-refractivity contribution in [3.8, 4) is 5.75 Å². The normalized spacial score (nSPS) is 11.9. The van der Waals surface area contributed by atoms with Crippen LogP contribution in [0.2, 0.25) is 0 Å². The molecule has 1 N–H and O–H groups in total. The van der Waals surface area contributed by atoms with Gasteiger partial charge in [0, 0.05) is 17.7 Å². The summed E-state index contributed by atoms with van der Waals surface area (Å²) in [5, 5.41) is 11.1. The van der Waals surface area contributed by atoms with Gasteiger partial charge in [0.25, 0.3) is 0 Å². The second kappa shape index (κ2) is 4.74. The highest BCUT2D eigenvalue weighted by molar-refractivity contribution is 7.99. The van der Waals surface area contributed by atoms with Crippen molar-refractivity contribution in [3.63, 3.8) is 0 Å². The molecule has 0 saturated heterocycles. The molecule has 0 fully saturated rings. The highest BCUT2D eigenvalue weighted by atomic mass is 32.2. The fraction of sp³-hybridized carbons (Fsp3) is 0.273. The minimum absolute atomic E-state index is 0.0947. The van der Waals surface area contributed by atoms with Crippen LogP contribution in [0.15, 0.2) is 28.4 Å². The molecule has 0 saturated carbocycles. The molecule has 0 bridgehead atoms. The largest absolute Gasteiger partial charge is 0.507 e. The molecule has 0 unspecified atom stereocenters. The molecular weight excluding hydrogens is 272 g/mol. The zero-order valence-electron chi connectivity index (χ0n) is 9.91. The molecule has 2 aromatic rings. The van der Waals surface area contributed by atoms with Crippen molar-refractivity contribution in [1.29, 1.82) is 0 Å². The second-order valence-electron chi connectivity index (χ2n) is 3.72. The fourth-order valence-electron chi connectivity index (χ4n) is 1.60.